The molecular weight excluding hydrogens is 332 g/mol. The van der Waals surface area contributed by atoms with Crippen molar-refractivity contribution in [3.8, 4) is 5.75 Å². The van der Waals surface area contributed by atoms with Crippen LogP contribution in [-0.2, 0) is 0 Å². The lowest BCUT2D eigenvalue weighted by molar-refractivity contribution is 0.334. The Morgan fingerprint density at radius 2 is 2.13 bits per heavy atom. The number of ether oxygens (including phenoxy) is 1. The highest BCUT2D eigenvalue weighted by Crippen LogP contribution is 2.43. The molecule has 1 aliphatic rings. The summed E-state index contributed by atoms with van der Waals surface area (Å²) < 4.78 is 5.64. The molecule has 23 heavy (non-hydrogen) atoms. The van der Waals surface area contributed by atoms with Gasteiger partial charge in [0.2, 0.25) is 0 Å². The maximum absolute atomic E-state index is 6.06. The van der Waals surface area contributed by atoms with E-state index in [1.165, 1.54) is 0 Å². The number of rotatable bonds is 5. The molecule has 3 rings (SSSR count). The molecule has 0 spiro atoms. The van der Waals surface area contributed by atoms with Crippen LogP contribution in [0.1, 0.15) is 25.0 Å². The van der Waals surface area contributed by atoms with Crippen molar-refractivity contribution in [1.29, 1.82) is 0 Å². The predicted octanol–water partition coefficient (Wildman–Crippen LogP) is 3.37. The summed E-state index contributed by atoms with van der Waals surface area (Å²) in [5.74, 6) is 1.70. The van der Waals surface area contributed by atoms with E-state index in [1.54, 1.807) is 24.5 Å². The fourth-order valence-electron chi connectivity index (χ4n) is 2.41. The Bertz CT molecular complexity index is 712. The number of anilines is 1. The monoisotopic (exact) mass is 348 g/mol. The van der Waals surface area contributed by atoms with Gasteiger partial charge < -0.3 is 15.4 Å². The van der Waals surface area contributed by atoms with E-state index < -0.39 is 0 Å². The molecule has 2 unspecified atom stereocenters. The van der Waals surface area contributed by atoms with Gasteiger partial charge in [0.05, 0.1) is 17.3 Å². The largest absolute Gasteiger partial charge is 0.492 e. The molecule has 0 aliphatic heterocycles. The fraction of sp³-hybridized carbons (Fsp3) is 0.312. The van der Waals surface area contributed by atoms with Gasteiger partial charge in [-0.3, -0.25) is 4.98 Å². The molecule has 0 bridgehead atoms. The zero-order valence-corrected chi connectivity index (χ0v) is 14.2. The number of thiocarbonyl (C=S) groups is 1. The Balaban J connectivity index is 1.59. The fourth-order valence-corrected chi connectivity index (χ4v) is 2.82. The van der Waals surface area contributed by atoms with Crippen molar-refractivity contribution < 1.29 is 4.74 Å². The van der Waals surface area contributed by atoms with Gasteiger partial charge in [-0.15, -0.1) is 0 Å². The van der Waals surface area contributed by atoms with Crippen LogP contribution in [0.5, 0.6) is 5.75 Å². The van der Waals surface area contributed by atoms with Crippen molar-refractivity contribution in [1.82, 2.24) is 15.3 Å². The lowest BCUT2D eigenvalue weighted by atomic mass is 10.2. The maximum atomic E-state index is 6.06. The van der Waals surface area contributed by atoms with E-state index in [0.717, 1.165) is 17.9 Å². The molecule has 120 valence electrons. The second kappa shape index (κ2) is 7.10. The number of hydrogen-bond donors (Lipinski definition) is 2. The first-order valence-corrected chi connectivity index (χ1v) is 8.23. The average Bonchev–Trinajstić information content (AvgIpc) is 3.29. The molecular formula is C16H17ClN4OS. The first-order chi connectivity index (χ1) is 11.2. The van der Waals surface area contributed by atoms with Crippen LogP contribution in [0.2, 0.25) is 5.02 Å². The number of nitrogens with one attached hydrogen (secondary N) is 2. The van der Waals surface area contributed by atoms with Crippen molar-refractivity contribution in [2.24, 2.45) is 0 Å². The molecule has 1 saturated carbocycles. The molecule has 0 aromatic carbocycles. The first kappa shape index (κ1) is 16.0. The van der Waals surface area contributed by atoms with Crippen LogP contribution >= 0.6 is 23.8 Å². The van der Waals surface area contributed by atoms with E-state index in [2.05, 4.69) is 20.6 Å². The summed E-state index contributed by atoms with van der Waals surface area (Å²) in [6, 6.07) is 7.62. The third-order valence-electron chi connectivity index (χ3n) is 3.55. The number of halogens is 1. The van der Waals surface area contributed by atoms with E-state index in [1.807, 2.05) is 19.1 Å². The molecule has 0 amide bonds. The SMILES string of the molecule is CCOc1cccnc1C1CC1NC(=S)Nc1ncccc1Cl. The summed E-state index contributed by atoms with van der Waals surface area (Å²) in [6.45, 7) is 2.59. The number of aromatic nitrogens is 2. The van der Waals surface area contributed by atoms with Gasteiger partial charge in [0.15, 0.2) is 10.9 Å². The lowest BCUT2D eigenvalue weighted by Crippen LogP contribution is -2.31. The summed E-state index contributed by atoms with van der Waals surface area (Å²) in [6.07, 6.45) is 4.42. The molecule has 0 saturated heterocycles. The molecule has 5 nitrogen and oxygen atoms in total. The number of hydrogen-bond acceptors (Lipinski definition) is 4. The van der Waals surface area contributed by atoms with Crippen LogP contribution < -0.4 is 15.4 Å². The summed E-state index contributed by atoms with van der Waals surface area (Å²) in [4.78, 5) is 8.61. The molecule has 2 aromatic heterocycles. The quantitative estimate of drug-likeness (QED) is 0.808. The van der Waals surface area contributed by atoms with Crippen molar-refractivity contribution in [3.05, 3.63) is 47.4 Å². The van der Waals surface area contributed by atoms with Crippen LogP contribution in [0, 0.1) is 0 Å². The second-order valence-electron chi connectivity index (χ2n) is 5.20. The van der Waals surface area contributed by atoms with Crippen LogP contribution in [-0.4, -0.2) is 27.7 Å². The number of pyridine rings is 2. The minimum absolute atomic E-state index is 0.242. The Morgan fingerprint density at radius 3 is 2.91 bits per heavy atom. The minimum Gasteiger partial charge on any atom is -0.492 e. The van der Waals surface area contributed by atoms with Gasteiger partial charge in [-0.2, -0.15) is 0 Å². The zero-order chi connectivity index (χ0) is 16.2. The third-order valence-corrected chi connectivity index (χ3v) is 4.07. The Morgan fingerprint density at radius 1 is 1.35 bits per heavy atom. The predicted molar refractivity (Wildman–Crippen MR) is 95.2 cm³/mol. The molecule has 1 aliphatic carbocycles. The van der Waals surface area contributed by atoms with Crippen molar-refractivity contribution in [2.45, 2.75) is 25.3 Å². The molecule has 1 fully saturated rings. The van der Waals surface area contributed by atoms with Gasteiger partial charge in [-0.1, -0.05) is 11.6 Å². The van der Waals surface area contributed by atoms with Crippen molar-refractivity contribution >= 4 is 34.7 Å². The molecule has 2 N–H and O–H groups in total. The van der Waals surface area contributed by atoms with Gasteiger partial charge in [-0.05, 0) is 49.8 Å². The zero-order valence-electron chi connectivity index (χ0n) is 12.6. The molecule has 2 atom stereocenters. The van der Waals surface area contributed by atoms with Crippen LogP contribution in [0.4, 0.5) is 5.82 Å². The average molecular weight is 349 g/mol. The van der Waals surface area contributed by atoms with Gasteiger partial charge in [0.1, 0.15) is 5.75 Å². The van der Waals surface area contributed by atoms with Gasteiger partial charge >= 0.3 is 0 Å². The Hall–Kier alpha value is -1.92. The van der Waals surface area contributed by atoms with Crippen molar-refractivity contribution in [3.63, 3.8) is 0 Å². The van der Waals surface area contributed by atoms with E-state index in [0.29, 0.717) is 28.5 Å². The highest BCUT2D eigenvalue weighted by molar-refractivity contribution is 7.80. The summed E-state index contributed by atoms with van der Waals surface area (Å²) in [5, 5.41) is 7.33. The Kier molecular flexibility index (Phi) is 4.93. The molecule has 7 heteroatoms. The van der Waals surface area contributed by atoms with E-state index in [9.17, 15) is 0 Å². The van der Waals surface area contributed by atoms with Crippen LogP contribution in [0.15, 0.2) is 36.7 Å². The summed E-state index contributed by atoms with van der Waals surface area (Å²) >= 11 is 11.4. The van der Waals surface area contributed by atoms with Crippen LogP contribution in [0.3, 0.4) is 0 Å². The smallest absolute Gasteiger partial charge is 0.172 e. The molecule has 2 aromatic rings. The Labute approximate surface area is 145 Å². The highest BCUT2D eigenvalue weighted by Gasteiger charge is 2.41. The summed E-state index contributed by atoms with van der Waals surface area (Å²) in [5.41, 5.74) is 0.977. The summed E-state index contributed by atoms with van der Waals surface area (Å²) in [7, 11) is 0. The number of nitrogens with zero attached hydrogens (tertiary/aromatic N) is 2. The van der Waals surface area contributed by atoms with E-state index >= 15 is 0 Å². The normalized spacial score (nSPS) is 19.0. The second-order valence-corrected chi connectivity index (χ2v) is 6.02. The standard InChI is InChI=1S/C16H17ClN4OS/c1-2-22-13-6-4-7-18-14(13)10-9-12(10)20-16(23)21-15-11(17)5-3-8-19-15/h3-8,10,12H,2,9H2,1H3,(H2,19,20,21,23). The van der Waals surface area contributed by atoms with Gasteiger partial charge in [0.25, 0.3) is 0 Å². The van der Waals surface area contributed by atoms with Crippen LogP contribution in [0.25, 0.3) is 0 Å². The van der Waals surface area contributed by atoms with E-state index in [4.69, 9.17) is 28.6 Å². The van der Waals surface area contributed by atoms with E-state index in [-0.39, 0.29) is 6.04 Å². The van der Waals surface area contributed by atoms with Gasteiger partial charge in [-0.25, -0.2) is 4.98 Å². The minimum atomic E-state index is 0.242. The lowest BCUT2D eigenvalue weighted by Gasteiger charge is -2.12. The van der Waals surface area contributed by atoms with Crippen molar-refractivity contribution in [2.75, 3.05) is 11.9 Å². The highest BCUT2D eigenvalue weighted by atomic mass is 35.5. The maximum Gasteiger partial charge on any atom is 0.172 e. The molecule has 0 radical (unpaired) electrons. The molecule has 2 heterocycles. The van der Waals surface area contributed by atoms with Gasteiger partial charge in [0, 0.05) is 24.4 Å². The third kappa shape index (κ3) is 3.89. The topological polar surface area (TPSA) is 59.1 Å². The first-order valence-electron chi connectivity index (χ1n) is 7.44.